The Hall–Kier alpha value is -1.90. The highest BCUT2D eigenvalue weighted by atomic mass is 32.2. The van der Waals surface area contributed by atoms with Crippen LogP contribution in [0.3, 0.4) is 0 Å². The number of morpholine rings is 1. The minimum absolute atomic E-state index is 0.0797. The summed E-state index contributed by atoms with van der Waals surface area (Å²) in [5, 5.41) is 12.9. The van der Waals surface area contributed by atoms with Gasteiger partial charge in [-0.1, -0.05) is 49.7 Å². The van der Waals surface area contributed by atoms with E-state index in [-0.39, 0.29) is 5.91 Å². The highest BCUT2D eigenvalue weighted by molar-refractivity contribution is 7.99. The maximum atomic E-state index is 12.6. The lowest BCUT2D eigenvalue weighted by Crippen LogP contribution is -2.41. The van der Waals surface area contributed by atoms with Crippen molar-refractivity contribution in [2.75, 3.05) is 32.1 Å². The number of benzene rings is 1. The lowest BCUT2D eigenvalue weighted by Gasteiger charge is -2.29. The maximum absolute atomic E-state index is 12.6. The van der Waals surface area contributed by atoms with Gasteiger partial charge >= 0.3 is 0 Å². The molecule has 2 heterocycles. The van der Waals surface area contributed by atoms with E-state index in [0.717, 1.165) is 55.9 Å². The third kappa shape index (κ3) is 5.42. The molecular weight excluding hydrogens is 398 g/mol. The van der Waals surface area contributed by atoms with Gasteiger partial charge in [-0.3, -0.25) is 14.3 Å². The molecule has 2 aromatic rings. The summed E-state index contributed by atoms with van der Waals surface area (Å²) >= 11 is 1.46. The first-order valence-corrected chi connectivity index (χ1v) is 11.9. The van der Waals surface area contributed by atoms with E-state index in [1.807, 2.05) is 18.2 Å². The standard InChI is InChI=1S/C22H31N5O2S/c1-17-7-5-6-10-19(17)23-21(28)16-30-22-25-24-20(15-26-11-13-29-14-12-26)27(22)18-8-3-2-4-9-18/h2-4,8-9,17,19H,5-7,10-16H2,1H3,(H,23,28)/t17-,19-/m1/s1. The molecule has 1 saturated carbocycles. The van der Waals surface area contributed by atoms with Crippen LogP contribution in [-0.2, 0) is 16.1 Å². The summed E-state index contributed by atoms with van der Waals surface area (Å²) in [7, 11) is 0. The van der Waals surface area contributed by atoms with Crippen LogP contribution >= 0.6 is 11.8 Å². The Morgan fingerprint density at radius 1 is 1.17 bits per heavy atom. The van der Waals surface area contributed by atoms with E-state index in [1.54, 1.807) is 0 Å². The maximum Gasteiger partial charge on any atom is 0.230 e. The van der Waals surface area contributed by atoms with Crippen LogP contribution in [0.2, 0.25) is 0 Å². The second-order valence-electron chi connectivity index (χ2n) is 8.18. The molecule has 2 fully saturated rings. The van der Waals surface area contributed by atoms with Gasteiger partial charge in [0.2, 0.25) is 5.91 Å². The second kappa shape index (κ2) is 10.4. The molecule has 2 aliphatic rings. The fraction of sp³-hybridized carbons (Fsp3) is 0.591. The molecule has 7 nitrogen and oxygen atoms in total. The van der Waals surface area contributed by atoms with Crippen LogP contribution in [-0.4, -0.2) is 63.7 Å². The Labute approximate surface area is 182 Å². The molecule has 1 aliphatic carbocycles. The van der Waals surface area contributed by atoms with Crippen LogP contribution in [0.4, 0.5) is 0 Å². The van der Waals surface area contributed by atoms with E-state index in [9.17, 15) is 4.79 Å². The molecule has 0 radical (unpaired) electrons. The topological polar surface area (TPSA) is 72.3 Å². The monoisotopic (exact) mass is 429 g/mol. The van der Waals surface area contributed by atoms with E-state index in [1.165, 1.54) is 31.0 Å². The number of ether oxygens (including phenoxy) is 1. The Kier molecular flexibility index (Phi) is 7.41. The van der Waals surface area contributed by atoms with Gasteiger partial charge in [0.25, 0.3) is 0 Å². The van der Waals surface area contributed by atoms with Gasteiger partial charge in [0.05, 0.1) is 25.5 Å². The fourth-order valence-electron chi connectivity index (χ4n) is 4.20. The van der Waals surface area contributed by atoms with E-state index < -0.39 is 0 Å². The molecule has 0 spiro atoms. The average molecular weight is 430 g/mol. The molecule has 0 unspecified atom stereocenters. The predicted molar refractivity (Wildman–Crippen MR) is 118 cm³/mol. The van der Waals surface area contributed by atoms with Gasteiger partial charge in [0, 0.05) is 24.8 Å². The number of amides is 1. The Morgan fingerprint density at radius 3 is 2.70 bits per heavy atom. The smallest absolute Gasteiger partial charge is 0.230 e. The number of para-hydroxylation sites is 1. The zero-order chi connectivity index (χ0) is 20.8. The van der Waals surface area contributed by atoms with Crippen LogP contribution in [0.1, 0.15) is 38.4 Å². The van der Waals surface area contributed by atoms with Crippen LogP contribution in [0, 0.1) is 5.92 Å². The van der Waals surface area contributed by atoms with Crippen molar-refractivity contribution in [1.82, 2.24) is 25.0 Å². The molecule has 1 amide bonds. The van der Waals surface area contributed by atoms with Gasteiger partial charge in [-0.15, -0.1) is 10.2 Å². The Bertz CT molecular complexity index is 822. The minimum atomic E-state index is 0.0797. The number of carbonyl (C=O) groups is 1. The number of rotatable bonds is 7. The fourth-order valence-corrected chi connectivity index (χ4v) is 4.98. The lowest BCUT2D eigenvalue weighted by atomic mass is 9.86. The van der Waals surface area contributed by atoms with E-state index in [2.05, 4.69) is 44.0 Å². The zero-order valence-corrected chi connectivity index (χ0v) is 18.4. The summed E-state index contributed by atoms with van der Waals surface area (Å²) in [5.74, 6) is 1.88. The SMILES string of the molecule is C[C@@H]1CCCC[C@H]1NC(=O)CSc1nnc(CN2CCOCC2)n1-c1ccccc1. The number of nitrogens with one attached hydrogen (secondary N) is 1. The van der Waals surface area contributed by atoms with Crippen molar-refractivity contribution < 1.29 is 9.53 Å². The molecule has 1 aliphatic heterocycles. The quantitative estimate of drug-likeness (QED) is 0.683. The van der Waals surface area contributed by atoms with E-state index >= 15 is 0 Å². The summed E-state index contributed by atoms with van der Waals surface area (Å²) in [6.07, 6.45) is 4.76. The zero-order valence-electron chi connectivity index (χ0n) is 17.6. The Morgan fingerprint density at radius 2 is 1.93 bits per heavy atom. The van der Waals surface area contributed by atoms with E-state index in [0.29, 0.717) is 17.7 Å². The van der Waals surface area contributed by atoms with Crippen molar-refractivity contribution in [2.24, 2.45) is 5.92 Å². The normalized spacial score (nSPS) is 22.7. The lowest BCUT2D eigenvalue weighted by molar-refractivity contribution is -0.119. The summed E-state index contributed by atoms with van der Waals surface area (Å²) < 4.78 is 7.54. The number of carbonyl (C=O) groups excluding carboxylic acids is 1. The number of hydrogen-bond donors (Lipinski definition) is 1. The largest absolute Gasteiger partial charge is 0.379 e. The van der Waals surface area contributed by atoms with Gasteiger partial charge < -0.3 is 10.1 Å². The van der Waals surface area contributed by atoms with Crippen molar-refractivity contribution in [3.8, 4) is 5.69 Å². The van der Waals surface area contributed by atoms with Gasteiger partial charge in [0.15, 0.2) is 11.0 Å². The molecule has 1 N–H and O–H groups in total. The van der Waals surface area contributed by atoms with Crippen molar-refractivity contribution in [1.29, 1.82) is 0 Å². The minimum Gasteiger partial charge on any atom is -0.379 e. The summed E-state index contributed by atoms with van der Waals surface area (Å²) in [4.78, 5) is 14.9. The van der Waals surface area contributed by atoms with Crippen LogP contribution in [0.25, 0.3) is 5.69 Å². The highest BCUT2D eigenvalue weighted by Crippen LogP contribution is 2.25. The molecule has 2 atom stereocenters. The molecule has 8 heteroatoms. The number of thioether (sulfide) groups is 1. The third-order valence-electron chi connectivity index (χ3n) is 5.97. The number of nitrogens with zero attached hydrogens (tertiary/aromatic N) is 4. The van der Waals surface area contributed by atoms with Crippen molar-refractivity contribution >= 4 is 17.7 Å². The molecule has 30 heavy (non-hydrogen) atoms. The van der Waals surface area contributed by atoms with Crippen molar-refractivity contribution in [3.05, 3.63) is 36.2 Å². The van der Waals surface area contributed by atoms with Gasteiger partial charge in [-0.2, -0.15) is 0 Å². The van der Waals surface area contributed by atoms with Crippen LogP contribution < -0.4 is 5.32 Å². The van der Waals surface area contributed by atoms with E-state index in [4.69, 9.17) is 4.74 Å². The molecule has 4 rings (SSSR count). The molecule has 162 valence electrons. The first kappa shape index (κ1) is 21.3. The van der Waals surface area contributed by atoms with Crippen molar-refractivity contribution in [3.63, 3.8) is 0 Å². The molecular formula is C22H31N5O2S. The van der Waals surface area contributed by atoms with Gasteiger partial charge in [-0.05, 0) is 30.9 Å². The third-order valence-corrected chi connectivity index (χ3v) is 6.90. The summed E-state index contributed by atoms with van der Waals surface area (Å²) in [5.41, 5.74) is 1.02. The first-order chi connectivity index (χ1) is 14.7. The molecule has 1 aromatic heterocycles. The van der Waals surface area contributed by atoms with Gasteiger partial charge in [0.1, 0.15) is 0 Å². The van der Waals surface area contributed by atoms with Crippen molar-refractivity contribution in [2.45, 2.75) is 50.4 Å². The summed E-state index contributed by atoms with van der Waals surface area (Å²) in [6, 6.07) is 10.4. The van der Waals surface area contributed by atoms with Gasteiger partial charge in [-0.25, -0.2) is 0 Å². The average Bonchev–Trinajstić information content (AvgIpc) is 3.17. The second-order valence-corrected chi connectivity index (χ2v) is 9.13. The number of hydrogen-bond acceptors (Lipinski definition) is 6. The molecule has 0 bridgehead atoms. The van der Waals surface area contributed by atoms with Crippen LogP contribution in [0.15, 0.2) is 35.5 Å². The first-order valence-electron chi connectivity index (χ1n) is 10.9. The summed E-state index contributed by atoms with van der Waals surface area (Å²) in [6.45, 7) is 6.25. The number of aromatic nitrogens is 3. The predicted octanol–water partition coefficient (Wildman–Crippen LogP) is 2.89. The van der Waals surface area contributed by atoms with Crippen LogP contribution in [0.5, 0.6) is 0 Å². The Balaban J connectivity index is 1.44. The highest BCUT2D eigenvalue weighted by Gasteiger charge is 2.24. The molecule has 1 saturated heterocycles. The molecule has 1 aromatic carbocycles.